The summed E-state index contributed by atoms with van der Waals surface area (Å²) in [6, 6.07) is 17.0. The molecule has 0 spiro atoms. The number of hydrogen-bond acceptors (Lipinski definition) is 4. The van der Waals surface area contributed by atoms with E-state index in [1.165, 1.54) is 0 Å². The van der Waals surface area contributed by atoms with E-state index < -0.39 is 0 Å². The zero-order chi connectivity index (χ0) is 19.5. The van der Waals surface area contributed by atoms with E-state index in [1.54, 1.807) is 11.8 Å². The van der Waals surface area contributed by atoms with Crippen LogP contribution in [0, 0.1) is 6.92 Å². The summed E-state index contributed by atoms with van der Waals surface area (Å²) < 4.78 is 5.73. The summed E-state index contributed by atoms with van der Waals surface area (Å²) in [6.45, 7) is 2.48. The Labute approximate surface area is 163 Å². The van der Waals surface area contributed by atoms with Gasteiger partial charge < -0.3 is 14.6 Å². The van der Waals surface area contributed by atoms with Gasteiger partial charge in [-0.3, -0.25) is 9.59 Å². The monoisotopic (exact) mass is 375 g/mol. The first-order valence-corrected chi connectivity index (χ1v) is 9.33. The van der Waals surface area contributed by atoms with Gasteiger partial charge in [0.1, 0.15) is 5.76 Å². The van der Waals surface area contributed by atoms with Crippen LogP contribution in [-0.2, 0) is 16.0 Å². The summed E-state index contributed by atoms with van der Waals surface area (Å²) in [4.78, 5) is 30.9. The number of hydrogen-bond donors (Lipinski definition) is 1. The molecule has 142 valence electrons. The van der Waals surface area contributed by atoms with Gasteiger partial charge in [-0.05, 0) is 37.6 Å². The molecule has 0 bridgehead atoms. The van der Waals surface area contributed by atoms with Gasteiger partial charge in [-0.2, -0.15) is 0 Å². The van der Waals surface area contributed by atoms with E-state index >= 15 is 0 Å². The number of amides is 2. The summed E-state index contributed by atoms with van der Waals surface area (Å²) in [5, 5.41) is 2.92. The van der Waals surface area contributed by atoms with E-state index in [9.17, 15) is 9.59 Å². The van der Waals surface area contributed by atoms with Gasteiger partial charge in [0.15, 0.2) is 0 Å². The number of benzene rings is 2. The van der Waals surface area contributed by atoms with Crippen molar-refractivity contribution in [2.24, 2.45) is 0 Å². The number of carbonyl (C=O) groups is 2. The van der Waals surface area contributed by atoms with Crippen molar-refractivity contribution in [2.75, 3.05) is 16.8 Å². The van der Waals surface area contributed by atoms with Gasteiger partial charge in [0.2, 0.25) is 17.7 Å². The normalized spacial score (nSPS) is 13.8. The van der Waals surface area contributed by atoms with Crippen molar-refractivity contribution in [3.8, 4) is 11.5 Å². The lowest BCUT2D eigenvalue weighted by atomic mass is 10.2. The molecule has 0 radical (unpaired) electrons. The second kappa shape index (κ2) is 7.68. The largest absolute Gasteiger partial charge is 0.441 e. The third kappa shape index (κ3) is 3.67. The Balaban J connectivity index is 1.50. The highest BCUT2D eigenvalue weighted by molar-refractivity contribution is 6.02. The van der Waals surface area contributed by atoms with Crippen molar-refractivity contribution in [1.82, 2.24) is 4.98 Å². The lowest BCUT2D eigenvalue weighted by Crippen LogP contribution is -2.26. The number of nitrogens with one attached hydrogen (secondary N) is 1. The number of anilines is 2. The quantitative estimate of drug-likeness (QED) is 0.732. The second-order valence-electron chi connectivity index (χ2n) is 6.78. The Hall–Kier alpha value is -3.41. The molecule has 1 aromatic heterocycles. The van der Waals surface area contributed by atoms with Gasteiger partial charge >= 0.3 is 0 Å². The molecule has 2 heterocycles. The molecule has 6 nitrogen and oxygen atoms in total. The first-order valence-electron chi connectivity index (χ1n) is 9.33. The Morgan fingerprint density at radius 2 is 1.89 bits per heavy atom. The maximum absolute atomic E-state index is 12.6. The van der Waals surface area contributed by atoms with E-state index in [0.29, 0.717) is 36.0 Å². The minimum atomic E-state index is -0.199. The number of aromatic nitrogens is 1. The molecule has 6 heteroatoms. The Bertz CT molecular complexity index is 1010. The molecule has 0 atom stereocenters. The molecule has 0 aliphatic carbocycles. The zero-order valence-electron chi connectivity index (χ0n) is 15.6. The lowest BCUT2D eigenvalue weighted by Gasteiger charge is -2.19. The predicted octanol–water partition coefficient (Wildman–Crippen LogP) is 3.96. The van der Waals surface area contributed by atoms with Crippen molar-refractivity contribution in [3.63, 3.8) is 0 Å². The molecule has 3 aromatic rings. The molecular formula is C22H21N3O3. The molecule has 28 heavy (non-hydrogen) atoms. The van der Waals surface area contributed by atoms with Crippen LogP contribution < -0.4 is 10.2 Å². The molecule has 0 saturated carbocycles. The maximum atomic E-state index is 12.6. The Morgan fingerprint density at radius 3 is 2.64 bits per heavy atom. The van der Waals surface area contributed by atoms with Crippen LogP contribution in [0.5, 0.6) is 0 Å². The summed E-state index contributed by atoms with van der Waals surface area (Å²) >= 11 is 0. The number of rotatable bonds is 5. The van der Waals surface area contributed by atoms with Crippen LogP contribution in [0.15, 0.2) is 59.0 Å². The van der Waals surface area contributed by atoms with Gasteiger partial charge in [0.25, 0.3) is 0 Å². The highest BCUT2D eigenvalue weighted by Gasteiger charge is 2.24. The van der Waals surface area contributed by atoms with Crippen molar-refractivity contribution >= 4 is 23.2 Å². The minimum absolute atomic E-state index is 0.0848. The van der Waals surface area contributed by atoms with Gasteiger partial charge in [-0.25, -0.2) is 4.98 Å². The first-order chi connectivity index (χ1) is 13.6. The Morgan fingerprint density at radius 1 is 1.14 bits per heavy atom. The van der Waals surface area contributed by atoms with Crippen molar-refractivity contribution in [3.05, 3.63) is 66.1 Å². The zero-order valence-corrected chi connectivity index (χ0v) is 15.6. The second-order valence-corrected chi connectivity index (χ2v) is 6.78. The minimum Gasteiger partial charge on any atom is -0.441 e. The van der Waals surface area contributed by atoms with Gasteiger partial charge in [-0.15, -0.1) is 0 Å². The fraction of sp³-hybridized carbons (Fsp3) is 0.227. The van der Waals surface area contributed by atoms with Crippen LogP contribution >= 0.6 is 0 Å². The Kier molecular flexibility index (Phi) is 4.93. The maximum Gasteiger partial charge on any atom is 0.230 e. The van der Waals surface area contributed by atoms with Crippen LogP contribution in [0.2, 0.25) is 0 Å². The average molecular weight is 375 g/mol. The van der Waals surface area contributed by atoms with Gasteiger partial charge in [0.05, 0.1) is 23.5 Å². The molecule has 0 unspecified atom stereocenters. The van der Waals surface area contributed by atoms with E-state index in [1.807, 2.05) is 54.6 Å². The van der Waals surface area contributed by atoms with Crippen LogP contribution in [-0.4, -0.2) is 23.3 Å². The van der Waals surface area contributed by atoms with Crippen LogP contribution in [0.3, 0.4) is 0 Å². The molecule has 1 aliphatic rings. The van der Waals surface area contributed by atoms with Gasteiger partial charge in [-0.1, -0.05) is 30.3 Å². The molecule has 1 N–H and O–H groups in total. The van der Waals surface area contributed by atoms with Crippen molar-refractivity contribution in [2.45, 2.75) is 26.2 Å². The summed E-state index contributed by atoms with van der Waals surface area (Å²) in [5.41, 5.74) is 2.84. The van der Waals surface area contributed by atoms with Crippen molar-refractivity contribution in [1.29, 1.82) is 0 Å². The summed E-state index contributed by atoms with van der Waals surface area (Å²) in [6.07, 6.45) is 1.48. The number of aryl methyl sites for hydroxylation is 1. The third-order valence-corrected chi connectivity index (χ3v) is 4.78. The van der Waals surface area contributed by atoms with Gasteiger partial charge in [0, 0.05) is 18.5 Å². The van der Waals surface area contributed by atoms with Crippen LogP contribution in [0.1, 0.15) is 24.3 Å². The van der Waals surface area contributed by atoms with E-state index in [4.69, 9.17) is 4.42 Å². The first kappa shape index (κ1) is 18.0. The fourth-order valence-electron chi connectivity index (χ4n) is 3.36. The van der Waals surface area contributed by atoms with Crippen molar-refractivity contribution < 1.29 is 14.0 Å². The van der Waals surface area contributed by atoms with E-state index in [0.717, 1.165) is 17.7 Å². The smallest absolute Gasteiger partial charge is 0.230 e. The van der Waals surface area contributed by atoms with E-state index in [-0.39, 0.29) is 18.2 Å². The highest BCUT2D eigenvalue weighted by Crippen LogP contribution is 2.29. The topological polar surface area (TPSA) is 75.4 Å². The number of nitrogens with zero attached hydrogens (tertiary/aromatic N) is 2. The summed E-state index contributed by atoms with van der Waals surface area (Å²) in [5.74, 6) is 1.01. The molecule has 2 amide bonds. The molecular weight excluding hydrogens is 354 g/mol. The van der Waals surface area contributed by atoms with Crippen LogP contribution in [0.4, 0.5) is 11.4 Å². The number of oxazole rings is 1. The highest BCUT2D eigenvalue weighted by atomic mass is 16.4. The van der Waals surface area contributed by atoms with Crippen LogP contribution in [0.25, 0.3) is 11.5 Å². The molecule has 1 fully saturated rings. The number of para-hydroxylation sites is 2. The fourth-order valence-corrected chi connectivity index (χ4v) is 3.36. The standard InChI is InChI=1S/C22H21N3O3/c1-15-18(24-22(28-15)16-8-3-2-4-9-16)14-20(26)23-17-10-5-6-11-19(17)25-13-7-12-21(25)27/h2-6,8-11H,7,12-14H2,1H3,(H,23,26). The molecule has 4 rings (SSSR count). The average Bonchev–Trinajstić information content (AvgIpc) is 3.29. The predicted molar refractivity (Wildman–Crippen MR) is 107 cm³/mol. The van der Waals surface area contributed by atoms with E-state index in [2.05, 4.69) is 10.3 Å². The summed E-state index contributed by atoms with van der Waals surface area (Å²) in [7, 11) is 0. The third-order valence-electron chi connectivity index (χ3n) is 4.78. The number of carbonyl (C=O) groups excluding carboxylic acids is 2. The lowest BCUT2D eigenvalue weighted by molar-refractivity contribution is -0.117. The molecule has 1 aliphatic heterocycles. The molecule has 1 saturated heterocycles. The molecule has 2 aromatic carbocycles. The SMILES string of the molecule is Cc1oc(-c2ccccc2)nc1CC(=O)Nc1ccccc1N1CCCC1=O.